The Bertz CT molecular complexity index is 913. The van der Waals surface area contributed by atoms with Gasteiger partial charge in [-0.2, -0.15) is 0 Å². The van der Waals surface area contributed by atoms with Crippen LogP contribution in [0.1, 0.15) is 10.4 Å². The largest absolute Gasteiger partial charge is 0.486 e. The first kappa shape index (κ1) is 15.1. The van der Waals surface area contributed by atoms with Gasteiger partial charge in [-0.25, -0.2) is 4.79 Å². The number of ether oxygens (including phenoxy) is 2. The smallest absolute Gasteiger partial charge is 0.337 e. The van der Waals surface area contributed by atoms with E-state index in [1.807, 2.05) is 24.3 Å². The molecule has 1 aromatic heterocycles. The van der Waals surface area contributed by atoms with Gasteiger partial charge in [0.05, 0.1) is 23.8 Å². The van der Waals surface area contributed by atoms with Gasteiger partial charge in [0.2, 0.25) is 0 Å². The van der Waals surface area contributed by atoms with Crippen LogP contribution in [0.15, 0.2) is 42.6 Å². The van der Waals surface area contributed by atoms with Crippen LogP contribution in [0, 0.1) is 0 Å². The lowest BCUT2D eigenvalue weighted by atomic mass is 10.0. The van der Waals surface area contributed by atoms with E-state index in [9.17, 15) is 9.90 Å². The van der Waals surface area contributed by atoms with Crippen LogP contribution in [0.3, 0.4) is 0 Å². The fourth-order valence-electron chi connectivity index (χ4n) is 2.73. The first-order valence-electron chi connectivity index (χ1n) is 7.50. The number of carboxylic acids is 1. The topological polar surface area (TPSA) is 71.5 Å². The van der Waals surface area contributed by atoms with Crippen LogP contribution >= 0.6 is 11.6 Å². The summed E-state index contributed by atoms with van der Waals surface area (Å²) in [5.41, 5.74) is 2.61. The molecule has 122 valence electrons. The maximum absolute atomic E-state index is 11.3. The van der Waals surface area contributed by atoms with Crippen LogP contribution < -0.4 is 4.74 Å². The Morgan fingerprint density at radius 3 is 2.62 bits per heavy atom. The molecule has 0 spiro atoms. The van der Waals surface area contributed by atoms with Gasteiger partial charge in [0.25, 0.3) is 0 Å². The van der Waals surface area contributed by atoms with Crippen molar-refractivity contribution >= 4 is 28.5 Å². The number of hydrogen-bond acceptors (Lipinski definition) is 3. The minimum atomic E-state index is -0.971. The van der Waals surface area contributed by atoms with E-state index in [0.717, 1.165) is 16.9 Å². The first-order chi connectivity index (χ1) is 11.6. The molecule has 24 heavy (non-hydrogen) atoms. The van der Waals surface area contributed by atoms with Gasteiger partial charge in [0, 0.05) is 22.7 Å². The number of aromatic nitrogens is 1. The van der Waals surface area contributed by atoms with Crippen molar-refractivity contribution in [1.29, 1.82) is 0 Å². The zero-order valence-electron chi connectivity index (χ0n) is 12.6. The lowest BCUT2D eigenvalue weighted by Gasteiger charge is -2.26. The summed E-state index contributed by atoms with van der Waals surface area (Å²) in [4.78, 5) is 14.2. The molecule has 1 aliphatic heterocycles. The highest BCUT2D eigenvalue weighted by Crippen LogP contribution is 2.34. The number of fused-ring (bicyclic) bond motifs is 1. The van der Waals surface area contributed by atoms with E-state index in [1.54, 1.807) is 12.1 Å². The second-order valence-corrected chi connectivity index (χ2v) is 6.09. The lowest BCUT2D eigenvalue weighted by molar-refractivity contribution is -0.0796. The van der Waals surface area contributed by atoms with Crippen LogP contribution in [-0.2, 0) is 4.74 Å². The number of nitrogens with one attached hydrogen (secondary N) is 1. The minimum Gasteiger partial charge on any atom is -0.486 e. The molecule has 0 saturated carbocycles. The van der Waals surface area contributed by atoms with E-state index >= 15 is 0 Å². The molecule has 6 heteroatoms. The van der Waals surface area contributed by atoms with Gasteiger partial charge in [-0.15, -0.1) is 0 Å². The van der Waals surface area contributed by atoms with E-state index in [4.69, 9.17) is 21.1 Å². The Kier molecular flexibility index (Phi) is 3.67. The van der Waals surface area contributed by atoms with E-state index in [1.165, 1.54) is 6.20 Å². The molecule has 5 nitrogen and oxygen atoms in total. The average Bonchev–Trinajstić information content (AvgIpc) is 2.93. The van der Waals surface area contributed by atoms with Crippen molar-refractivity contribution in [2.75, 3.05) is 13.2 Å². The van der Waals surface area contributed by atoms with Crippen molar-refractivity contribution in [3.8, 4) is 16.9 Å². The molecular weight excluding hydrogens is 330 g/mol. The summed E-state index contributed by atoms with van der Waals surface area (Å²) < 4.78 is 10.8. The molecule has 2 N–H and O–H groups in total. The fourth-order valence-corrected chi connectivity index (χ4v) is 3.00. The molecular formula is C18H14ClNO4. The molecule has 0 atom stereocenters. The van der Waals surface area contributed by atoms with Gasteiger partial charge >= 0.3 is 5.97 Å². The van der Waals surface area contributed by atoms with Crippen molar-refractivity contribution in [3.05, 3.63) is 53.2 Å². The summed E-state index contributed by atoms with van der Waals surface area (Å²) in [6, 6.07) is 11.1. The standard InChI is InChI=1S/C18H14ClNO4/c19-16-6-17-14(15(7-20-17)18(21)22)5-13(16)10-1-3-11(4-2-10)24-12-8-23-9-12/h1-7,12,20H,8-9H2,(H,21,22). The lowest BCUT2D eigenvalue weighted by Crippen LogP contribution is -2.38. The van der Waals surface area contributed by atoms with E-state index < -0.39 is 5.97 Å². The second kappa shape index (κ2) is 5.85. The number of aromatic carboxylic acids is 1. The average molecular weight is 344 g/mol. The summed E-state index contributed by atoms with van der Waals surface area (Å²) in [6.07, 6.45) is 1.60. The number of benzene rings is 2. The number of carboxylic acid groups (broad SMARTS) is 1. The molecule has 2 aromatic carbocycles. The van der Waals surface area contributed by atoms with Crippen LogP contribution in [-0.4, -0.2) is 35.4 Å². The summed E-state index contributed by atoms with van der Waals surface area (Å²) in [6.45, 7) is 1.24. The molecule has 1 fully saturated rings. The predicted octanol–water partition coefficient (Wildman–Crippen LogP) is 3.96. The summed E-state index contributed by atoms with van der Waals surface area (Å²) in [5.74, 6) is -0.196. The number of H-pyrrole nitrogens is 1. The molecule has 0 amide bonds. The predicted molar refractivity (Wildman–Crippen MR) is 90.9 cm³/mol. The maximum Gasteiger partial charge on any atom is 0.337 e. The fraction of sp³-hybridized carbons (Fsp3) is 0.167. The first-order valence-corrected chi connectivity index (χ1v) is 7.88. The number of carbonyl (C=O) groups is 1. The molecule has 0 radical (unpaired) electrons. The Morgan fingerprint density at radius 2 is 2.00 bits per heavy atom. The Labute approximate surface area is 142 Å². The number of rotatable bonds is 4. The highest BCUT2D eigenvalue weighted by Gasteiger charge is 2.20. The molecule has 2 heterocycles. The van der Waals surface area contributed by atoms with Gasteiger partial charge in [-0.1, -0.05) is 23.7 Å². The number of aromatic amines is 1. The third-order valence-electron chi connectivity index (χ3n) is 4.08. The molecule has 4 rings (SSSR count). The molecule has 0 bridgehead atoms. The van der Waals surface area contributed by atoms with E-state index in [-0.39, 0.29) is 11.7 Å². The summed E-state index contributed by atoms with van der Waals surface area (Å²) >= 11 is 6.37. The summed E-state index contributed by atoms with van der Waals surface area (Å²) in [5, 5.41) is 10.5. The Hall–Kier alpha value is -2.50. The Morgan fingerprint density at radius 1 is 1.25 bits per heavy atom. The minimum absolute atomic E-state index is 0.119. The van der Waals surface area contributed by atoms with Gasteiger partial charge in [-0.05, 0) is 29.8 Å². The maximum atomic E-state index is 11.3. The van der Waals surface area contributed by atoms with Gasteiger partial charge < -0.3 is 19.6 Å². The third-order valence-corrected chi connectivity index (χ3v) is 4.39. The molecule has 3 aromatic rings. The zero-order chi connectivity index (χ0) is 16.7. The molecule has 0 aliphatic carbocycles. The molecule has 1 aliphatic rings. The van der Waals surface area contributed by atoms with Crippen LogP contribution in [0.5, 0.6) is 5.75 Å². The van der Waals surface area contributed by atoms with Crippen molar-refractivity contribution in [2.24, 2.45) is 0 Å². The summed E-state index contributed by atoms with van der Waals surface area (Å²) in [7, 11) is 0. The van der Waals surface area contributed by atoms with Crippen molar-refractivity contribution in [3.63, 3.8) is 0 Å². The highest BCUT2D eigenvalue weighted by atomic mass is 35.5. The zero-order valence-corrected chi connectivity index (χ0v) is 13.3. The van der Waals surface area contributed by atoms with Gasteiger partial charge in [-0.3, -0.25) is 0 Å². The SMILES string of the molecule is O=C(O)c1c[nH]c2cc(Cl)c(-c3ccc(OC4COC4)cc3)cc12. The van der Waals surface area contributed by atoms with Gasteiger partial charge in [0.15, 0.2) is 0 Å². The van der Waals surface area contributed by atoms with E-state index in [2.05, 4.69) is 4.98 Å². The normalized spacial score (nSPS) is 14.5. The van der Waals surface area contributed by atoms with Crippen molar-refractivity contribution < 1.29 is 19.4 Å². The third kappa shape index (κ3) is 2.62. The molecule has 1 saturated heterocycles. The van der Waals surface area contributed by atoms with Crippen LogP contribution in [0.4, 0.5) is 0 Å². The van der Waals surface area contributed by atoms with Crippen LogP contribution in [0.25, 0.3) is 22.0 Å². The monoisotopic (exact) mass is 343 g/mol. The molecule has 0 unspecified atom stereocenters. The quantitative estimate of drug-likeness (QED) is 0.752. The van der Waals surface area contributed by atoms with Crippen LogP contribution in [0.2, 0.25) is 5.02 Å². The number of halogens is 1. The van der Waals surface area contributed by atoms with Crippen molar-refractivity contribution in [1.82, 2.24) is 4.98 Å². The van der Waals surface area contributed by atoms with Crippen molar-refractivity contribution in [2.45, 2.75) is 6.10 Å². The highest BCUT2D eigenvalue weighted by molar-refractivity contribution is 6.34. The van der Waals surface area contributed by atoms with E-state index in [0.29, 0.717) is 29.1 Å². The number of hydrogen-bond donors (Lipinski definition) is 2. The second-order valence-electron chi connectivity index (χ2n) is 5.69. The Balaban J connectivity index is 1.70. The van der Waals surface area contributed by atoms with Gasteiger partial charge in [0.1, 0.15) is 11.9 Å².